The maximum atomic E-state index is 13.3. The van der Waals surface area contributed by atoms with Crippen molar-refractivity contribution in [3.63, 3.8) is 0 Å². The van der Waals surface area contributed by atoms with Crippen LogP contribution in [-0.4, -0.2) is 49.6 Å². The van der Waals surface area contributed by atoms with E-state index in [1.54, 1.807) is 36.4 Å². The van der Waals surface area contributed by atoms with Gasteiger partial charge in [-0.25, -0.2) is 0 Å². The molecule has 0 bridgehead atoms. The Morgan fingerprint density at radius 2 is 1.56 bits per heavy atom. The van der Waals surface area contributed by atoms with Gasteiger partial charge < -0.3 is 24.4 Å². The molecule has 0 heterocycles. The summed E-state index contributed by atoms with van der Waals surface area (Å²) in [6, 6.07) is 9.47. The van der Waals surface area contributed by atoms with Crippen LogP contribution in [0.3, 0.4) is 0 Å². The summed E-state index contributed by atoms with van der Waals surface area (Å²) in [6.07, 6.45) is 1.21. The summed E-state index contributed by atoms with van der Waals surface area (Å²) in [5, 5.41) is 3.77. The molecule has 2 atom stereocenters. The Balaban J connectivity index is 2.28. The van der Waals surface area contributed by atoms with Crippen LogP contribution >= 0.6 is 23.2 Å². The van der Waals surface area contributed by atoms with Gasteiger partial charge in [0.1, 0.15) is 23.3 Å². The van der Waals surface area contributed by atoms with E-state index in [4.69, 9.17) is 37.4 Å². The summed E-state index contributed by atoms with van der Waals surface area (Å²) >= 11 is 12.2. The van der Waals surface area contributed by atoms with Crippen LogP contribution in [0.15, 0.2) is 36.4 Å². The monoisotopic (exact) mass is 510 g/mol. The Morgan fingerprint density at radius 3 is 2.09 bits per heavy atom. The highest BCUT2D eigenvalue weighted by Crippen LogP contribution is 2.28. The zero-order valence-corrected chi connectivity index (χ0v) is 21.7. The van der Waals surface area contributed by atoms with Crippen LogP contribution in [0.5, 0.6) is 17.2 Å². The summed E-state index contributed by atoms with van der Waals surface area (Å²) in [7, 11) is 3.06. The molecule has 9 heteroatoms. The summed E-state index contributed by atoms with van der Waals surface area (Å²) in [5.74, 6) is 0.922. The average Bonchev–Trinajstić information content (AvgIpc) is 2.84. The van der Waals surface area contributed by atoms with Crippen LogP contribution in [0, 0.1) is 0 Å². The first-order chi connectivity index (χ1) is 16.2. The van der Waals surface area contributed by atoms with Crippen LogP contribution in [0.25, 0.3) is 0 Å². The second-order valence-electron chi connectivity index (χ2n) is 7.85. The Bertz CT molecular complexity index is 964. The molecule has 0 radical (unpaired) electrons. The van der Waals surface area contributed by atoms with Crippen molar-refractivity contribution >= 4 is 35.0 Å². The number of hydrogen-bond donors (Lipinski definition) is 1. The summed E-state index contributed by atoms with van der Waals surface area (Å²) < 4.78 is 16.3. The molecule has 34 heavy (non-hydrogen) atoms. The molecule has 186 valence electrons. The van der Waals surface area contributed by atoms with Gasteiger partial charge in [-0.3, -0.25) is 9.59 Å². The smallest absolute Gasteiger partial charge is 0.261 e. The van der Waals surface area contributed by atoms with Crippen molar-refractivity contribution in [1.82, 2.24) is 10.2 Å². The minimum absolute atomic E-state index is 0.0102. The maximum Gasteiger partial charge on any atom is 0.261 e. The molecule has 0 fully saturated rings. The van der Waals surface area contributed by atoms with E-state index in [9.17, 15) is 9.59 Å². The van der Waals surface area contributed by atoms with Gasteiger partial charge in [0.05, 0.1) is 24.3 Å². The topological polar surface area (TPSA) is 77.1 Å². The van der Waals surface area contributed by atoms with Crippen molar-refractivity contribution in [2.75, 3.05) is 20.8 Å². The van der Waals surface area contributed by atoms with Crippen LogP contribution in [-0.2, 0) is 16.1 Å². The number of nitrogens with zero attached hydrogens (tertiary/aromatic N) is 1. The Kier molecular flexibility index (Phi) is 10.8. The molecule has 2 aromatic rings. The molecule has 0 aliphatic carbocycles. The Labute approximate surface area is 211 Å². The minimum Gasteiger partial charge on any atom is -0.496 e. The number of benzene rings is 2. The minimum atomic E-state index is -0.681. The van der Waals surface area contributed by atoms with Gasteiger partial charge in [0.15, 0.2) is 6.61 Å². The molecule has 2 rings (SSSR count). The number of hydrogen-bond acceptors (Lipinski definition) is 5. The number of rotatable bonds is 12. The molecule has 0 unspecified atom stereocenters. The zero-order chi connectivity index (χ0) is 25.3. The molecule has 7 nitrogen and oxygen atoms in total. The lowest BCUT2D eigenvalue weighted by Crippen LogP contribution is -2.51. The van der Waals surface area contributed by atoms with Crippen LogP contribution in [0.2, 0.25) is 10.0 Å². The van der Waals surface area contributed by atoms with Gasteiger partial charge in [-0.2, -0.15) is 0 Å². The summed E-state index contributed by atoms with van der Waals surface area (Å²) in [5.41, 5.74) is 0.751. The third kappa shape index (κ3) is 7.71. The molecular formula is C25H32Cl2N2O5. The number of nitrogens with one attached hydrogen (secondary N) is 1. The first-order valence-electron chi connectivity index (χ1n) is 11.1. The molecule has 2 aromatic carbocycles. The lowest BCUT2D eigenvalue weighted by molar-refractivity contribution is -0.143. The van der Waals surface area contributed by atoms with Crippen LogP contribution in [0.1, 0.15) is 39.2 Å². The molecule has 1 N–H and O–H groups in total. The first kappa shape index (κ1) is 27.6. The van der Waals surface area contributed by atoms with E-state index in [2.05, 4.69) is 5.32 Å². The lowest BCUT2D eigenvalue weighted by Gasteiger charge is -2.31. The Morgan fingerprint density at radius 1 is 0.941 bits per heavy atom. The van der Waals surface area contributed by atoms with Gasteiger partial charge in [0.25, 0.3) is 5.91 Å². The highest BCUT2D eigenvalue weighted by molar-refractivity contribution is 6.42. The van der Waals surface area contributed by atoms with Gasteiger partial charge >= 0.3 is 0 Å². The molecule has 0 saturated carbocycles. The van der Waals surface area contributed by atoms with Gasteiger partial charge in [-0.15, -0.1) is 0 Å². The lowest BCUT2D eigenvalue weighted by atomic mass is 10.1. The predicted octanol–water partition coefficient (Wildman–Crippen LogP) is 5.11. The van der Waals surface area contributed by atoms with Crippen molar-refractivity contribution in [3.8, 4) is 17.2 Å². The molecular weight excluding hydrogens is 479 g/mol. The van der Waals surface area contributed by atoms with Crippen molar-refractivity contribution in [1.29, 1.82) is 0 Å². The molecule has 0 aromatic heterocycles. The fourth-order valence-corrected chi connectivity index (χ4v) is 3.61. The van der Waals surface area contributed by atoms with Gasteiger partial charge in [-0.05, 0) is 37.5 Å². The fourth-order valence-electron chi connectivity index (χ4n) is 3.29. The second-order valence-corrected chi connectivity index (χ2v) is 8.66. The van der Waals surface area contributed by atoms with Crippen LogP contribution < -0.4 is 19.5 Å². The quantitative estimate of drug-likeness (QED) is 0.429. The number of methoxy groups -OCH3 is 2. The van der Waals surface area contributed by atoms with E-state index in [1.807, 2.05) is 20.8 Å². The van der Waals surface area contributed by atoms with Crippen molar-refractivity contribution in [3.05, 3.63) is 52.0 Å². The first-order valence-corrected chi connectivity index (χ1v) is 11.9. The molecule has 2 amide bonds. The van der Waals surface area contributed by atoms with Crippen molar-refractivity contribution in [2.24, 2.45) is 0 Å². The number of amides is 2. The average molecular weight is 511 g/mol. The fraction of sp³-hybridized carbons (Fsp3) is 0.440. The number of ether oxygens (including phenoxy) is 3. The van der Waals surface area contributed by atoms with E-state index in [-0.39, 0.29) is 31.0 Å². The highest BCUT2D eigenvalue weighted by atomic mass is 35.5. The van der Waals surface area contributed by atoms with E-state index in [0.717, 1.165) is 12.0 Å². The zero-order valence-electron chi connectivity index (χ0n) is 20.2. The van der Waals surface area contributed by atoms with Gasteiger partial charge in [0, 0.05) is 30.8 Å². The SMILES string of the molecule is CC[C@H](C(=O)N[C@@H](C)CC)N(Cc1ccc(Cl)c(Cl)c1)C(=O)COc1cc(OC)cc(OC)c1. The normalized spacial score (nSPS) is 12.4. The van der Waals surface area contributed by atoms with Gasteiger partial charge in [0.2, 0.25) is 5.91 Å². The third-order valence-corrected chi connectivity index (χ3v) is 6.15. The van der Waals surface area contributed by atoms with Crippen LogP contribution in [0.4, 0.5) is 0 Å². The number of carbonyl (C=O) groups excluding carboxylic acids is 2. The predicted molar refractivity (Wildman–Crippen MR) is 134 cm³/mol. The van der Waals surface area contributed by atoms with Crippen molar-refractivity contribution in [2.45, 2.75) is 52.2 Å². The van der Waals surface area contributed by atoms with Gasteiger partial charge in [-0.1, -0.05) is 43.1 Å². The third-order valence-electron chi connectivity index (χ3n) is 5.41. The Hall–Kier alpha value is -2.64. The van der Waals surface area contributed by atoms with E-state index < -0.39 is 6.04 Å². The van der Waals surface area contributed by atoms with E-state index in [0.29, 0.717) is 33.7 Å². The largest absolute Gasteiger partial charge is 0.496 e. The molecule has 0 aliphatic rings. The summed E-state index contributed by atoms with van der Waals surface area (Å²) in [6.45, 7) is 5.68. The number of halogens is 2. The summed E-state index contributed by atoms with van der Waals surface area (Å²) in [4.78, 5) is 27.9. The molecule has 0 saturated heterocycles. The van der Waals surface area contributed by atoms with Crippen molar-refractivity contribution < 1.29 is 23.8 Å². The second kappa shape index (κ2) is 13.3. The maximum absolute atomic E-state index is 13.3. The number of carbonyl (C=O) groups is 2. The van der Waals surface area contributed by atoms with E-state index >= 15 is 0 Å². The highest BCUT2D eigenvalue weighted by Gasteiger charge is 2.29. The van der Waals surface area contributed by atoms with E-state index in [1.165, 1.54) is 19.1 Å². The molecule has 0 aliphatic heterocycles. The standard InChI is InChI=1S/C25H32Cl2N2O5/c1-6-16(3)28-25(31)23(7-2)29(14-17-8-9-21(26)22(27)10-17)24(30)15-34-20-12-18(32-4)11-19(13-20)33-5/h8-13,16,23H,6-7,14-15H2,1-5H3,(H,28,31)/t16-,23+/m0/s1. The molecule has 0 spiro atoms.